The minimum Gasteiger partial charge on any atom is -0.548 e. The maximum Gasteiger partial charge on any atom is 0.0826 e. The van der Waals surface area contributed by atoms with Gasteiger partial charge in [-0.05, 0) is 0 Å². The molecule has 0 aromatic carbocycles. The van der Waals surface area contributed by atoms with Crippen LogP contribution in [0.3, 0.4) is 0 Å². The van der Waals surface area contributed by atoms with E-state index in [2.05, 4.69) is 0 Å². The average Bonchev–Trinajstić information content (AvgIpc) is 1.89. The number of aliphatic hydroxyl groups is 2. The van der Waals surface area contributed by atoms with E-state index in [0.717, 1.165) is 0 Å². The number of carbonyl (C=O) groups is 2. The zero-order valence-corrected chi connectivity index (χ0v) is 9.58. The van der Waals surface area contributed by atoms with Crippen molar-refractivity contribution in [3.05, 3.63) is 0 Å². The third-order valence-corrected chi connectivity index (χ3v) is 0.258. The van der Waals surface area contributed by atoms with E-state index in [0.29, 0.717) is 0 Å². The largest absolute Gasteiger partial charge is 0.548 e. The molecule has 6 N–H and O–H groups in total. The van der Waals surface area contributed by atoms with Crippen LogP contribution in [0.2, 0.25) is 0 Å². The van der Waals surface area contributed by atoms with Crippen LogP contribution in [0.15, 0.2) is 0 Å². The van der Waals surface area contributed by atoms with Gasteiger partial charge < -0.3 is 41.0 Å². The maximum atomic E-state index is 9.01. The van der Waals surface area contributed by atoms with Crippen LogP contribution in [0.1, 0.15) is 0 Å². The van der Waals surface area contributed by atoms with Gasteiger partial charge in [0.15, 0.2) is 0 Å². The van der Waals surface area contributed by atoms with Crippen LogP contribution >= 0.6 is 0 Å². The second-order valence-electron chi connectivity index (χ2n) is 1.06. The molecule has 0 amide bonds. The number of carboxylic acid groups (broad SMARTS) is 2. The Bertz CT molecular complexity index is 101. The van der Waals surface area contributed by atoms with E-state index in [-0.39, 0.29) is 52.7 Å². The molecule has 0 heterocycles. The molecule has 0 unspecified atom stereocenters. The Hall–Kier alpha value is 0.157. The molecule has 0 aromatic rings. The molecular formula is C4H10CeO8-2. The zero-order valence-electron chi connectivity index (χ0n) is 6.44. The molecule has 0 atom stereocenters. The Morgan fingerprint density at radius 3 is 1.00 bits per heavy atom. The van der Waals surface area contributed by atoms with Crippen LogP contribution in [0.4, 0.5) is 0 Å². The summed E-state index contributed by atoms with van der Waals surface area (Å²) in [5.41, 5.74) is 0. The summed E-state index contributed by atoms with van der Waals surface area (Å²) in [4.78, 5) is 18.0. The molecule has 0 aromatic heterocycles. The van der Waals surface area contributed by atoms with E-state index in [4.69, 9.17) is 30.0 Å². The molecular weight excluding hydrogens is 316 g/mol. The first kappa shape index (κ1) is 29.2. The monoisotopic (exact) mass is 326 g/mol. The minimum absolute atomic E-state index is 0. The summed E-state index contributed by atoms with van der Waals surface area (Å²) in [5, 5.41) is 33.0. The molecule has 0 radical (unpaired) electrons. The molecule has 0 bridgehead atoms. The van der Waals surface area contributed by atoms with Gasteiger partial charge in [0.1, 0.15) is 0 Å². The first-order chi connectivity index (χ1) is 4.54. The van der Waals surface area contributed by atoms with Gasteiger partial charge in [0, 0.05) is 41.7 Å². The summed E-state index contributed by atoms with van der Waals surface area (Å²) in [6, 6.07) is 0. The van der Waals surface area contributed by atoms with E-state index in [9.17, 15) is 0 Å². The van der Waals surface area contributed by atoms with Gasteiger partial charge in [-0.3, -0.25) is 0 Å². The second-order valence-corrected chi connectivity index (χ2v) is 1.06. The van der Waals surface area contributed by atoms with E-state index in [1.165, 1.54) is 0 Å². The number of carboxylic acids is 2. The van der Waals surface area contributed by atoms with E-state index < -0.39 is 25.2 Å². The van der Waals surface area contributed by atoms with Crippen LogP contribution in [0.5, 0.6) is 0 Å². The predicted molar refractivity (Wildman–Crippen MR) is 31.4 cm³/mol. The van der Waals surface area contributed by atoms with Crippen LogP contribution in [-0.4, -0.2) is 46.3 Å². The Morgan fingerprint density at radius 2 is 1.00 bits per heavy atom. The second kappa shape index (κ2) is 22.7. The molecule has 0 saturated carbocycles. The third-order valence-electron chi connectivity index (χ3n) is 0.258. The Morgan fingerprint density at radius 1 is 0.923 bits per heavy atom. The first-order valence-electron chi connectivity index (χ1n) is 2.16. The normalized spacial score (nSPS) is 5.69. The quantitative estimate of drug-likeness (QED) is 0.508. The van der Waals surface area contributed by atoms with Gasteiger partial charge in [-0.2, -0.15) is 0 Å². The number of aliphatic carboxylic acids is 2. The fourth-order valence-electron chi connectivity index (χ4n) is 0. The number of rotatable bonds is 2. The van der Waals surface area contributed by atoms with Crippen molar-refractivity contribution in [2.24, 2.45) is 0 Å². The van der Waals surface area contributed by atoms with Crippen molar-refractivity contribution in [3.8, 4) is 0 Å². The molecule has 9 heteroatoms. The Balaban J connectivity index is -0.0000000267. The van der Waals surface area contributed by atoms with Gasteiger partial charge in [0.05, 0.1) is 25.2 Å². The predicted octanol–water partition coefficient (Wildman–Crippen LogP) is -6.19. The number of carbonyl (C=O) groups excluding carboxylic acids is 2. The van der Waals surface area contributed by atoms with Gasteiger partial charge in [-0.25, -0.2) is 0 Å². The number of aliphatic hydroxyl groups excluding tert-OH is 2. The SMILES string of the molecule is O.O.O=C([O-])CO.O=C([O-])CO.[Ce]. The van der Waals surface area contributed by atoms with Crippen molar-refractivity contribution in [1.82, 2.24) is 0 Å². The van der Waals surface area contributed by atoms with Crippen molar-refractivity contribution in [2.75, 3.05) is 13.2 Å². The van der Waals surface area contributed by atoms with E-state index in [1.54, 1.807) is 0 Å². The van der Waals surface area contributed by atoms with E-state index in [1.807, 2.05) is 0 Å². The van der Waals surface area contributed by atoms with Gasteiger partial charge >= 0.3 is 0 Å². The molecule has 0 rings (SSSR count). The molecule has 0 spiro atoms. The maximum absolute atomic E-state index is 9.01. The summed E-state index contributed by atoms with van der Waals surface area (Å²) in [6.45, 7) is -1.78. The fraction of sp³-hybridized carbons (Fsp3) is 0.500. The molecule has 0 aliphatic heterocycles. The molecule has 0 aliphatic rings. The number of hydrogen-bond acceptors (Lipinski definition) is 6. The van der Waals surface area contributed by atoms with E-state index >= 15 is 0 Å². The molecule has 0 saturated heterocycles. The van der Waals surface area contributed by atoms with Crippen molar-refractivity contribution in [1.29, 1.82) is 0 Å². The van der Waals surface area contributed by atoms with Crippen molar-refractivity contribution >= 4 is 11.9 Å². The van der Waals surface area contributed by atoms with Crippen LogP contribution in [0, 0.1) is 41.7 Å². The summed E-state index contributed by atoms with van der Waals surface area (Å²) in [6.07, 6.45) is 0. The molecule has 80 valence electrons. The average molecular weight is 326 g/mol. The summed E-state index contributed by atoms with van der Waals surface area (Å²) in [7, 11) is 0. The zero-order chi connectivity index (χ0) is 8.57. The van der Waals surface area contributed by atoms with Crippen LogP contribution in [0.25, 0.3) is 0 Å². The van der Waals surface area contributed by atoms with Gasteiger partial charge in [-0.1, -0.05) is 0 Å². The number of hydrogen-bond donors (Lipinski definition) is 2. The fourth-order valence-corrected chi connectivity index (χ4v) is 0. The summed E-state index contributed by atoms with van der Waals surface area (Å²) >= 11 is 0. The third kappa shape index (κ3) is 72.6. The van der Waals surface area contributed by atoms with Gasteiger partial charge in [-0.15, -0.1) is 0 Å². The molecule has 13 heavy (non-hydrogen) atoms. The summed E-state index contributed by atoms with van der Waals surface area (Å²) in [5.74, 6) is -2.88. The minimum atomic E-state index is -1.44. The van der Waals surface area contributed by atoms with Crippen molar-refractivity contribution in [2.45, 2.75) is 0 Å². The molecule has 8 nitrogen and oxygen atoms in total. The van der Waals surface area contributed by atoms with Crippen molar-refractivity contribution < 1.29 is 82.7 Å². The smallest absolute Gasteiger partial charge is 0.0826 e. The standard InChI is InChI=1S/2C2H4O3.Ce.2H2O/c2*3-1-2(4)5;;;/h2*3H,1H2,(H,4,5);;2*1H2/p-2. The topological polar surface area (TPSA) is 184 Å². The van der Waals surface area contributed by atoms with Crippen molar-refractivity contribution in [3.63, 3.8) is 0 Å². The van der Waals surface area contributed by atoms with Gasteiger partial charge in [0.25, 0.3) is 0 Å². The van der Waals surface area contributed by atoms with Crippen LogP contribution in [-0.2, 0) is 9.59 Å². The molecule has 0 aliphatic carbocycles. The Kier molecular flexibility index (Phi) is 51.1. The Labute approximate surface area is 107 Å². The van der Waals surface area contributed by atoms with Gasteiger partial charge in [0.2, 0.25) is 0 Å². The first-order valence-corrected chi connectivity index (χ1v) is 2.16. The molecule has 0 fully saturated rings. The van der Waals surface area contributed by atoms with Crippen LogP contribution < -0.4 is 10.2 Å². The summed E-state index contributed by atoms with van der Waals surface area (Å²) < 4.78 is 0.